The molecule has 2 aromatic heterocycles. The molecule has 1 unspecified atom stereocenters. The molecule has 0 bridgehead atoms. The maximum atomic E-state index is 14.2. The number of aromatic amines is 1. The van der Waals surface area contributed by atoms with E-state index in [1.54, 1.807) is 12.1 Å². The van der Waals surface area contributed by atoms with Crippen molar-refractivity contribution in [2.45, 2.75) is 25.2 Å². The van der Waals surface area contributed by atoms with Crippen LogP contribution < -0.4 is 10.2 Å². The number of hydrogen-bond acceptors (Lipinski definition) is 6. The molecule has 1 aromatic carbocycles. The third-order valence-corrected chi connectivity index (χ3v) is 5.87. The van der Waals surface area contributed by atoms with Crippen molar-refractivity contribution in [3.05, 3.63) is 29.0 Å². The monoisotopic (exact) mass is 386 g/mol. The van der Waals surface area contributed by atoms with Gasteiger partial charge in [0, 0.05) is 18.9 Å². The van der Waals surface area contributed by atoms with Crippen LogP contribution in [0.15, 0.2) is 18.2 Å². The zero-order valence-electron chi connectivity index (χ0n) is 14.1. The first-order chi connectivity index (χ1) is 13.1. The summed E-state index contributed by atoms with van der Waals surface area (Å²) in [6.45, 7) is 0.146. The largest absolute Gasteiger partial charge is 0.300 e. The van der Waals surface area contributed by atoms with Crippen molar-refractivity contribution in [3.8, 4) is 0 Å². The van der Waals surface area contributed by atoms with Gasteiger partial charge in [0.1, 0.15) is 10.8 Å². The Morgan fingerprint density at radius 3 is 3.00 bits per heavy atom. The molecule has 27 heavy (non-hydrogen) atoms. The number of H-pyrrole nitrogens is 1. The Labute approximate surface area is 156 Å². The quantitative estimate of drug-likeness (QED) is 0.717. The van der Waals surface area contributed by atoms with Crippen LogP contribution in [-0.2, 0) is 9.59 Å². The lowest BCUT2D eigenvalue weighted by atomic mass is 10.1. The van der Waals surface area contributed by atoms with Gasteiger partial charge in [0.25, 0.3) is 0 Å². The summed E-state index contributed by atoms with van der Waals surface area (Å²) in [7, 11) is 0. The van der Waals surface area contributed by atoms with Gasteiger partial charge >= 0.3 is 0 Å². The lowest BCUT2D eigenvalue weighted by molar-refractivity contribution is -0.122. The van der Waals surface area contributed by atoms with E-state index in [4.69, 9.17) is 0 Å². The molecule has 10 heteroatoms. The van der Waals surface area contributed by atoms with Gasteiger partial charge in [0.2, 0.25) is 16.9 Å². The Hall–Kier alpha value is -2.88. The van der Waals surface area contributed by atoms with E-state index >= 15 is 0 Å². The van der Waals surface area contributed by atoms with Crippen LogP contribution in [0.25, 0.3) is 10.9 Å². The maximum Gasteiger partial charge on any atom is 0.231 e. The zero-order chi connectivity index (χ0) is 18.5. The normalized spacial score (nSPS) is 19.8. The SMILES string of the molecule is O=C(Nc1nnc(C2CC2)s1)C1CC(=O)N(c2n[nH]c3cccc(F)c23)C1. The summed E-state index contributed by atoms with van der Waals surface area (Å²) in [4.78, 5) is 26.4. The first-order valence-electron chi connectivity index (χ1n) is 8.67. The lowest BCUT2D eigenvalue weighted by Crippen LogP contribution is -2.28. The molecule has 138 valence electrons. The number of anilines is 2. The minimum absolute atomic E-state index is 0.0446. The molecule has 2 fully saturated rings. The molecule has 0 spiro atoms. The van der Waals surface area contributed by atoms with Crippen LogP contribution in [0.3, 0.4) is 0 Å². The fraction of sp³-hybridized carbons (Fsp3) is 0.353. The highest BCUT2D eigenvalue weighted by atomic mass is 32.1. The van der Waals surface area contributed by atoms with Crippen molar-refractivity contribution in [3.63, 3.8) is 0 Å². The molecule has 0 radical (unpaired) electrons. The summed E-state index contributed by atoms with van der Waals surface area (Å²) in [5.74, 6) is -0.870. The Morgan fingerprint density at radius 1 is 1.33 bits per heavy atom. The van der Waals surface area contributed by atoms with E-state index in [-0.39, 0.29) is 36.0 Å². The fourth-order valence-electron chi connectivity index (χ4n) is 3.28. The van der Waals surface area contributed by atoms with Gasteiger partial charge in [0.05, 0.1) is 16.8 Å². The van der Waals surface area contributed by atoms with Gasteiger partial charge in [-0.2, -0.15) is 5.10 Å². The molecule has 2 amide bonds. The van der Waals surface area contributed by atoms with Crippen molar-refractivity contribution < 1.29 is 14.0 Å². The Balaban J connectivity index is 1.34. The van der Waals surface area contributed by atoms with Gasteiger partial charge in [-0.1, -0.05) is 17.4 Å². The predicted octanol–water partition coefficient (Wildman–Crippen LogP) is 2.42. The first-order valence-corrected chi connectivity index (χ1v) is 9.49. The Bertz CT molecular complexity index is 1060. The number of carbonyl (C=O) groups is 2. The molecule has 5 rings (SSSR count). The third kappa shape index (κ3) is 2.85. The number of nitrogens with zero attached hydrogens (tertiary/aromatic N) is 4. The van der Waals surface area contributed by atoms with Crippen molar-refractivity contribution in [1.29, 1.82) is 0 Å². The molecule has 2 N–H and O–H groups in total. The van der Waals surface area contributed by atoms with Gasteiger partial charge in [-0.15, -0.1) is 10.2 Å². The third-order valence-electron chi connectivity index (χ3n) is 4.87. The molecular formula is C17H15FN6O2S. The highest BCUT2D eigenvalue weighted by Gasteiger charge is 2.38. The number of rotatable bonds is 4. The zero-order valence-corrected chi connectivity index (χ0v) is 14.9. The van der Waals surface area contributed by atoms with E-state index in [1.165, 1.54) is 22.3 Å². The highest BCUT2D eigenvalue weighted by molar-refractivity contribution is 7.15. The van der Waals surface area contributed by atoms with Crippen LogP contribution in [0.2, 0.25) is 0 Å². The average molecular weight is 386 g/mol. The smallest absolute Gasteiger partial charge is 0.231 e. The molecule has 1 aliphatic heterocycles. The van der Waals surface area contributed by atoms with Crippen LogP contribution in [0, 0.1) is 11.7 Å². The summed E-state index contributed by atoms with van der Waals surface area (Å²) < 4.78 is 14.2. The summed E-state index contributed by atoms with van der Waals surface area (Å²) in [6, 6.07) is 4.57. The summed E-state index contributed by atoms with van der Waals surface area (Å²) in [6.07, 6.45) is 2.27. The van der Waals surface area contributed by atoms with E-state index in [1.807, 2.05) is 0 Å². The summed E-state index contributed by atoms with van der Waals surface area (Å²) in [5, 5.41) is 19.3. The molecule has 1 saturated carbocycles. The molecule has 3 aromatic rings. The fourth-order valence-corrected chi connectivity index (χ4v) is 4.20. The number of fused-ring (bicyclic) bond motifs is 1. The predicted molar refractivity (Wildman–Crippen MR) is 97.0 cm³/mol. The van der Waals surface area contributed by atoms with Crippen LogP contribution in [-0.4, -0.2) is 38.8 Å². The minimum Gasteiger partial charge on any atom is -0.300 e. The molecule has 2 aliphatic rings. The van der Waals surface area contributed by atoms with Gasteiger partial charge in [-0.05, 0) is 25.0 Å². The Kier molecular flexibility index (Phi) is 3.67. The van der Waals surface area contributed by atoms with Crippen LogP contribution >= 0.6 is 11.3 Å². The maximum absolute atomic E-state index is 14.2. The number of halogens is 1. The van der Waals surface area contributed by atoms with E-state index in [0.29, 0.717) is 16.6 Å². The van der Waals surface area contributed by atoms with E-state index < -0.39 is 11.7 Å². The number of benzene rings is 1. The van der Waals surface area contributed by atoms with Crippen molar-refractivity contribution in [1.82, 2.24) is 20.4 Å². The van der Waals surface area contributed by atoms with Crippen molar-refractivity contribution >= 4 is 45.0 Å². The number of carbonyl (C=O) groups excluding carboxylic acids is 2. The van der Waals surface area contributed by atoms with Gasteiger partial charge in [0.15, 0.2) is 5.82 Å². The number of amides is 2. The second-order valence-electron chi connectivity index (χ2n) is 6.82. The Morgan fingerprint density at radius 2 is 2.19 bits per heavy atom. The first kappa shape index (κ1) is 16.3. The van der Waals surface area contributed by atoms with Crippen LogP contribution in [0.4, 0.5) is 15.3 Å². The van der Waals surface area contributed by atoms with Gasteiger partial charge in [-0.3, -0.25) is 19.6 Å². The van der Waals surface area contributed by atoms with Crippen LogP contribution in [0.1, 0.15) is 30.2 Å². The molecule has 1 aliphatic carbocycles. The molecule has 1 saturated heterocycles. The lowest BCUT2D eigenvalue weighted by Gasteiger charge is -2.14. The number of aromatic nitrogens is 4. The summed E-state index contributed by atoms with van der Waals surface area (Å²) in [5.41, 5.74) is 0.507. The second kappa shape index (κ2) is 6.08. The van der Waals surface area contributed by atoms with Crippen LogP contribution in [0.5, 0.6) is 0 Å². The standard InChI is InChI=1S/C17H15FN6O2S/c18-10-2-1-3-11-13(10)14(21-20-11)24-7-9(6-12(24)25)15(26)19-17-23-22-16(27-17)8-4-5-8/h1-3,8-9H,4-7H2,(H,20,21)(H,19,23,26). The number of nitrogens with one attached hydrogen (secondary N) is 2. The van der Waals surface area contributed by atoms with Gasteiger partial charge < -0.3 is 5.32 Å². The molecule has 1 atom stereocenters. The van der Waals surface area contributed by atoms with E-state index in [0.717, 1.165) is 17.8 Å². The topological polar surface area (TPSA) is 104 Å². The second-order valence-corrected chi connectivity index (χ2v) is 7.83. The molecule has 3 heterocycles. The highest BCUT2D eigenvalue weighted by Crippen LogP contribution is 2.42. The molecular weight excluding hydrogens is 371 g/mol. The average Bonchev–Trinajstić information content (AvgIpc) is 3.06. The van der Waals surface area contributed by atoms with Crippen molar-refractivity contribution in [2.24, 2.45) is 5.92 Å². The molecule has 8 nitrogen and oxygen atoms in total. The number of hydrogen-bond donors (Lipinski definition) is 2. The van der Waals surface area contributed by atoms with E-state index in [2.05, 4.69) is 25.7 Å². The van der Waals surface area contributed by atoms with E-state index in [9.17, 15) is 14.0 Å². The summed E-state index contributed by atoms with van der Waals surface area (Å²) >= 11 is 1.37. The van der Waals surface area contributed by atoms with Crippen molar-refractivity contribution in [2.75, 3.05) is 16.8 Å². The van der Waals surface area contributed by atoms with Gasteiger partial charge in [-0.25, -0.2) is 4.39 Å². The minimum atomic E-state index is -0.552.